The minimum absolute atomic E-state index is 0.0716. The predicted molar refractivity (Wildman–Crippen MR) is 100 cm³/mol. The van der Waals surface area contributed by atoms with Crippen molar-refractivity contribution in [1.29, 1.82) is 0 Å². The molecule has 1 N–H and O–H groups in total. The van der Waals surface area contributed by atoms with Crippen LogP contribution in [0.15, 0.2) is 40.7 Å². The van der Waals surface area contributed by atoms with Gasteiger partial charge in [-0.1, -0.05) is 35.0 Å². The normalized spacial score (nSPS) is 10.9. The van der Waals surface area contributed by atoms with Gasteiger partial charge in [-0.2, -0.15) is 0 Å². The molecule has 1 aromatic heterocycles. The van der Waals surface area contributed by atoms with E-state index < -0.39 is 0 Å². The Morgan fingerprint density at radius 2 is 1.96 bits per heavy atom. The van der Waals surface area contributed by atoms with Crippen molar-refractivity contribution in [3.05, 3.63) is 52.0 Å². The van der Waals surface area contributed by atoms with E-state index in [1.807, 2.05) is 31.2 Å². The van der Waals surface area contributed by atoms with Crippen LogP contribution in [0, 0.1) is 6.92 Å². The van der Waals surface area contributed by atoms with Crippen LogP contribution >= 0.6 is 46.3 Å². The predicted octanol–water partition coefficient (Wildman–Crippen LogP) is 5.64. The Hall–Kier alpha value is -1.27. The number of anilines is 1. The van der Waals surface area contributed by atoms with Crippen LogP contribution in [-0.4, -0.2) is 16.6 Å². The molecule has 0 saturated carbocycles. The smallest absolute Gasteiger partial charge is 0.234 e. The number of carbonyl (C=O) groups excluding carboxylic acids is 1. The highest BCUT2D eigenvalue weighted by atomic mass is 35.5. The van der Waals surface area contributed by atoms with Gasteiger partial charge in [0.1, 0.15) is 0 Å². The van der Waals surface area contributed by atoms with Gasteiger partial charge in [-0.05, 0) is 48.9 Å². The summed E-state index contributed by atoms with van der Waals surface area (Å²) >= 11 is 14.8. The Kier molecular flexibility index (Phi) is 5.11. The molecule has 3 rings (SSSR count). The number of thiazole rings is 1. The SMILES string of the molecule is Cc1cc(Cl)ccc1NC(=O)CSc1nc2cc(Cl)ccc2s1. The molecule has 3 nitrogen and oxygen atoms in total. The topological polar surface area (TPSA) is 42.0 Å². The number of carbonyl (C=O) groups is 1. The Bertz CT molecular complexity index is 880. The van der Waals surface area contributed by atoms with E-state index in [4.69, 9.17) is 23.2 Å². The lowest BCUT2D eigenvalue weighted by Crippen LogP contribution is -2.14. The van der Waals surface area contributed by atoms with E-state index >= 15 is 0 Å². The number of nitrogens with zero attached hydrogens (tertiary/aromatic N) is 1. The van der Waals surface area contributed by atoms with Crippen LogP contribution in [0.5, 0.6) is 0 Å². The second kappa shape index (κ2) is 7.09. The van der Waals surface area contributed by atoms with Crippen LogP contribution in [0.2, 0.25) is 10.0 Å². The Morgan fingerprint density at radius 1 is 1.22 bits per heavy atom. The second-order valence-electron chi connectivity index (χ2n) is 4.89. The van der Waals surface area contributed by atoms with Gasteiger partial charge in [0.25, 0.3) is 0 Å². The average Bonchev–Trinajstić information content (AvgIpc) is 2.90. The summed E-state index contributed by atoms with van der Waals surface area (Å²) in [6.45, 7) is 1.91. The van der Waals surface area contributed by atoms with E-state index in [0.717, 1.165) is 25.8 Å². The highest BCUT2D eigenvalue weighted by molar-refractivity contribution is 8.01. The van der Waals surface area contributed by atoms with Crippen molar-refractivity contribution in [3.63, 3.8) is 0 Å². The third-order valence-electron chi connectivity index (χ3n) is 3.12. The van der Waals surface area contributed by atoms with Gasteiger partial charge >= 0.3 is 0 Å². The zero-order valence-corrected chi connectivity index (χ0v) is 15.2. The molecule has 0 saturated heterocycles. The highest BCUT2D eigenvalue weighted by Gasteiger charge is 2.09. The van der Waals surface area contributed by atoms with Crippen molar-refractivity contribution in [2.24, 2.45) is 0 Å². The summed E-state index contributed by atoms with van der Waals surface area (Å²) < 4.78 is 1.91. The summed E-state index contributed by atoms with van der Waals surface area (Å²) in [6.07, 6.45) is 0. The monoisotopic (exact) mass is 382 g/mol. The molecule has 7 heteroatoms. The van der Waals surface area contributed by atoms with E-state index in [1.165, 1.54) is 11.8 Å². The van der Waals surface area contributed by atoms with Crippen molar-refractivity contribution in [2.75, 3.05) is 11.1 Å². The number of benzene rings is 2. The number of thioether (sulfide) groups is 1. The lowest BCUT2D eigenvalue weighted by atomic mass is 10.2. The molecule has 118 valence electrons. The molecular weight excluding hydrogens is 371 g/mol. The first-order valence-corrected chi connectivity index (χ1v) is 9.32. The molecule has 1 heterocycles. The third kappa shape index (κ3) is 4.18. The van der Waals surface area contributed by atoms with Crippen LogP contribution in [-0.2, 0) is 4.79 Å². The quantitative estimate of drug-likeness (QED) is 0.593. The molecule has 0 bridgehead atoms. The summed E-state index contributed by atoms with van der Waals surface area (Å²) in [5.41, 5.74) is 2.57. The summed E-state index contributed by atoms with van der Waals surface area (Å²) in [7, 11) is 0. The fourth-order valence-corrected chi connectivity index (χ4v) is 4.26. The van der Waals surface area contributed by atoms with Crippen LogP contribution < -0.4 is 5.32 Å². The average molecular weight is 383 g/mol. The molecule has 0 unspecified atom stereocenters. The lowest BCUT2D eigenvalue weighted by Gasteiger charge is -2.07. The van der Waals surface area contributed by atoms with Crippen molar-refractivity contribution in [1.82, 2.24) is 4.98 Å². The minimum atomic E-state index is -0.0716. The second-order valence-corrected chi connectivity index (χ2v) is 8.01. The van der Waals surface area contributed by atoms with Gasteiger partial charge in [0.15, 0.2) is 4.34 Å². The standard InChI is InChI=1S/C16H12Cl2N2OS2/c1-9-6-10(17)2-4-12(9)19-15(21)8-22-16-20-13-7-11(18)3-5-14(13)23-16/h2-7H,8H2,1H3,(H,19,21). The molecule has 0 fully saturated rings. The summed E-state index contributed by atoms with van der Waals surface area (Å²) in [5, 5.41) is 4.21. The molecule has 0 aliphatic heterocycles. The maximum Gasteiger partial charge on any atom is 0.234 e. The number of hydrogen-bond acceptors (Lipinski definition) is 4. The first-order chi connectivity index (χ1) is 11.0. The first kappa shape index (κ1) is 16.6. The van der Waals surface area contributed by atoms with Gasteiger partial charge in [-0.3, -0.25) is 4.79 Å². The summed E-state index contributed by atoms with van der Waals surface area (Å²) in [6, 6.07) is 11.0. The molecule has 1 amide bonds. The molecule has 0 atom stereocenters. The van der Waals surface area contributed by atoms with Crippen LogP contribution in [0.25, 0.3) is 10.2 Å². The molecular formula is C16H12Cl2N2OS2. The van der Waals surface area contributed by atoms with Gasteiger partial charge in [0.2, 0.25) is 5.91 Å². The summed E-state index contributed by atoms with van der Waals surface area (Å²) in [5.74, 6) is 0.230. The van der Waals surface area contributed by atoms with Crippen molar-refractivity contribution >= 4 is 68.1 Å². The van der Waals surface area contributed by atoms with Gasteiger partial charge in [0.05, 0.1) is 16.0 Å². The van der Waals surface area contributed by atoms with Gasteiger partial charge in [-0.15, -0.1) is 11.3 Å². The van der Waals surface area contributed by atoms with E-state index in [2.05, 4.69) is 10.3 Å². The first-order valence-electron chi connectivity index (χ1n) is 6.76. The van der Waals surface area contributed by atoms with Gasteiger partial charge in [0, 0.05) is 15.7 Å². The van der Waals surface area contributed by atoms with Crippen LogP contribution in [0.3, 0.4) is 0 Å². The lowest BCUT2D eigenvalue weighted by molar-refractivity contribution is -0.113. The Morgan fingerprint density at radius 3 is 2.74 bits per heavy atom. The van der Waals surface area contributed by atoms with Gasteiger partial charge < -0.3 is 5.32 Å². The molecule has 2 aromatic carbocycles. The van der Waals surface area contributed by atoms with E-state index in [-0.39, 0.29) is 5.91 Å². The third-order valence-corrected chi connectivity index (χ3v) is 5.77. The molecule has 0 aliphatic carbocycles. The van der Waals surface area contributed by atoms with Gasteiger partial charge in [-0.25, -0.2) is 4.98 Å². The molecule has 3 aromatic rings. The Balaban J connectivity index is 1.63. The van der Waals surface area contributed by atoms with Crippen LogP contribution in [0.4, 0.5) is 5.69 Å². The largest absolute Gasteiger partial charge is 0.325 e. The number of hydrogen-bond donors (Lipinski definition) is 1. The fraction of sp³-hybridized carbons (Fsp3) is 0.125. The fourth-order valence-electron chi connectivity index (χ4n) is 2.02. The minimum Gasteiger partial charge on any atom is -0.325 e. The zero-order valence-electron chi connectivity index (χ0n) is 12.1. The molecule has 0 aliphatic rings. The molecule has 0 spiro atoms. The number of rotatable bonds is 4. The van der Waals surface area contributed by atoms with Crippen molar-refractivity contribution in [2.45, 2.75) is 11.3 Å². The maximum atomic E-state index is 12.1. The summed E-state index contributed by atoms with van der Waals surface area (Å²) in [4.78, 5) is 16.6. The highest BCUT2D eigenvalue weighted by Crippen LogP contribution is 2.31. The zero-order chi connectivity index (χ0) is 16.4. The molecule has 23 heavy (non-hydrogen) atoms. The number of fused-ring (bicyclic) bond motifs is 1. The van der Waals surface area contributed by atoms with Crippen molar-refractivity contribution in [3.8, 4) is 0 Å². The Labute approximate surface area is 152 Å². The van der Waals surface area contributed by atoms with Crippen LogP contribution in [0.1, 0.15) is 5.56 Å². The van der Waals surface area contributed by atoms with E-state index in [0.29, 0.717) is 15.8 Å². The van der Waals surface area contributed by atoms with E-state index in [9.17, 15) is 4.79 Å². The van der Waals surface area contributed by atoms with E-state index in [1.54, 1.807) is 23.5 Å². The van der Waals surface area contributed by atoms with Crippen molar-refractivity contribution < 1.29 is 4.79 Å². The molecule has 0 radical (unpaired) electrons. The number of aryl methyl sites for hydroxylation is 1. The number of halogens is 2. The number of amides is 1. The number of aromatic nitrogens is 1. The maximum absolute atomic E-state index is 12.1. The number of nitrogens with one attached hydrogen (secondary N) is 1.